The van der Waals surface area contributed by atoms with Crippen LogP contribution in [0.4, 0.5) is 0 Å². The van der Waals surface area contributed by atoms with Crippen molar-refractivity contribution in [3.8, 4) is 0 Å². The summed E-state index contributed by atoms with van der Waals surface area (Å²) in [6.07, 6.45) is 5.26. The van der Waals surface area contributed by atoms with Crippen LogP contribution in [0.25, 0.3) is 0 Å². The first-order valence-electron chi connectivity index (χ1n) is 7.76. The Balaban J connectivity index is 1.73. The zero-order valence-electron chi connectivity index (χ0n) is 12.7. The van der Waals surface area contributed by atoms with Gasteiger partial charge in [-0.2, -0.15) is 5.10 Å². The van der Waals surface area contributed by atoms with Gasteiger partial charge in [-0.05, 0) is 39.2 Å². The molecule has 0 aromatic carbocycles. The van der Waals surface area contributed by atoms with Crippen molar-refractivity contribution >= 4 is 11.6 Å². The molecule has 2 aliphatic rings. The zero-order chi connectivity index (χ0) is 14.3. The molecule has 4 nitrogen and oxygen atoms in total. The first kappa shape index (κ1) is 14.4. The fourth-order valence-corrected chi connectivity index (χ4v) is 4.09. The lowest BCUT2D eigenvalue weighted by Gasteiger charge is -2.37. The third kappa shape index (κ3) is 2.61. The molecule has 0 aliphatic carbocycles. The summed E-state index contributed by atoms with van der Waals surface area (Å²) in [7, 11) is 1.99. The van der Waals surface area contributed by atoms with E-state index in [0.717, 1.165) is 41.6 Å². The van der Waals surface area contributed by atoms with Crippen molar-refractivity contribution in [2.24, 2.45) is 7.05 Å². The highest BCUT2D eigenvalue weighted by atomic mass is 35.5. The molecule has 2 saturated heterocycles. The van der Waals surface area contributed by atoms with Crippen LogP contribution in [0.15, 0.2) is 0 Å². The summed E-state index contributed by atoms with van der Waals surface area (Å²) in [6, 6.07) is 2.15. The van der Waals surface area contributed by atoms with Gasteiger partial charge in [0.15, 0.2) is 0 Å². The van der Waals surface area contributed by atoms with Gasteiger partial charge in [-0.25, -0.2) is 0 Å². The molecule has 2 unspecified atom stereocenters. The highest BCUT2D eigenvalue weighted by molar-refractivity contribution is 6.31. The number of halogens is 1. The maximum atomic E-state index is 6.40. The van der Waals surface area contributed by atoms with Gasteiger partial charge in [-0.15, -0.1) is 0 Å². The Labute approximate surface area is 126 Å². The van der Waals surface area contributed by atoms with Gasteiger partial charge in [0.05, 0.1) is 16.4 Å². The van der Waals surface area contributed by atoms with E-state index in [-0.39, 0.29) is 0 Å². The topological polar surface area (TPSA) is 33.1 Å². The molecule has 0 spiro atoms. The van der Waals surface area contributed by atoms with E-state index in [1.807, 2.05) is 18.7 Å². The molecule has 5 heteroatoms. The van der Waals surface area contributed by atoms with Crippen molar-refractivity contribution in [2.75, 3.05) is 6.54 Å². The number of hydrogen-bond acceptors (Lipinski definition) is 3. The van der Waals surface area contributed by atoms with Crippen molar-refractivity contribution in [1.29, 1.82) is 0 Å². The van der Waals surface area contributed by atoms with Gasteiger partial charge in [-0.3, -0.25) is 9.58 Å². The number of fused-ring (bicyclic) bond motifs is 2. The molecule has 112 valence electrons. The molecule has 1 aromatic rings. The second kappa shape index (κ2) is 5.66. The van der Waals surface area contributed by atoms with E-state index in [0.29, 0.717) is 6.04 Å². The van der Waals surface area contributed by atoms with E-state index >= 15 is 0 Å². The van der Waals surface area contributed by atoms with Crippen molar-refractivity contribution < 1.29 is 0 Å². The lowest BCUT2D eigenvalue weighted by atomic mass is 9.98. The molecular formula is C15H25ClN4. The van der Waals surface area contributed by atoms with E-state index in [1.54, 1.807) is 0 Å². The Kier molecular flexibility index (Phi) is 4.07. The van der Waals surface area contributed by atoms with Crippen LogP contribution in [-0.4, -0.2) is 39.4 Å². The Morgan fingerprint density at radius 3 is 2.50 bits per heavy atom. The Morgan fingerprint density at radius 2 is 2.00 bits per heavy atom. The smallest absolute Gasteiger partial charge is 0.0860 e. The van der Waals surface area contributed by atoms with Crippen LogP contribution >= 0.6 is 11.6 Å². The largest absolute Gasteiger partial charge is 0.311 e. The number of aryl methyl sites for hydroxylation is 2. The molecule has 2 aliphatic heterocycles. The molecule has 2 fully saturated rings. The van der Waals surface area contributed by atoms with E-state index in [2.05, 4.69) is 22.2 Å². The first-order chi connectivity index (χ1) is 9.58. The van der Waals surface area contributed by atoms with Gasteiger partial charge >= 0.3 is 0 Å². The summed E-state index contributed by atoms with van der Waals surface area (Å²) in [5.41, 5.74) is 2.09. The monoisotopic (exact) mass is 296 g/mol. The lowest BCUT2D eigenvalue weighted by Crippen LogP contribution is -2.48. The molecule has 2 bridgehead atoms. The number of rotatable bonds is 4. The molecule has 3 rings (SSSR count). The molecule has 3 heterocycles. The first-order valence-corrected chi connectivity index (χ1v) is 8.14. The van der Waals surface area contributed by atoms with E-state index < -0.39 is 0 Å². The molecular weight excluding hydrogens is 272 g/mol. The van der Waals surface area contributed by atoms with Crippen molar-refractivity contribution in [3.05, 3.63) is 16.4 Å². The van der Waals surface area contributed by atoms with Crippen molar-refractivity contribution in [3.63, 3.8) is 0 Å². The van der Waals surface area contributed by atoms with Crippen LogP contribution in [0.2, 0.25) is 5.02 Å². The van der Waals surface area contributed by atoms with Crippen LogP contribution in [0.1, 0.15) is 44.0 Å². The zero-order valence-corrected chi connectivity index (χ0v) is 13.5. The van der Waals surface area contributed by atoms with E-state index in [9.17, 15) is 0 Å². The van der Waals surface area contributed by atoms with Gasteiger partial charge in [-0.1, -0.05) is 18.5 Å². The minimum absolute atomic E-state index is 0.685. The summed E-state index contributed by atoms with van der Waals surface area (Å²) < 4.78 is 1.94. The second-order valence-corrected chi connectivity index (χ2v) is 6.67. The Morgan fingerprint density at radius 1 is 1.35 bits per heavy atom. The minimum Gasteiger partial charge on any atom is -0.311 e. The van der Waals surface area contributed by atoms with Gasteiger partial charge in [0, 0.05) is 31.7 Å². The van der Waals surface area contributed by atoms with Crippen LogP contribution in [-0.2, 0) is 13.6 Å². The van der Waals surface area contributed by atoms with E-state index in [4.69, 9.17) is 11.6 Å². The predicted molar refractivity (Wildman–Crippen MR) is 82.0 cm³/mol. The standard InChI is InChI=1S/C15H25ClN4/c1-4-20(9-14-15(16)10(2)18-19(14)3)13-7-11-5-6-12(8-13)17-11/h11-13,17H,4-9H2,1-3H3. The maximum absolute atomic E-state index is 6.40. The number of nitrogens with one attached hydrogen (secondary N) is 1. The molecule has 20 heavy (non-hydrogen) atoms. The molecule has 1 aromatic heterocycles. The van der Waals surface area contributed by atoms with Crippen molar-refractivity contribution in [1.82, 2.24) is 20.0 Å². The molecule has 2 atom stereocenters. The van der Waals surface area contributed by atoms with Crippen LogP contribution in [0.5, 0.6) is 0 Å². The molecule has 0 saturated carbocycles. The predicted octanol–water partition coefficient (Wildman–Crippen LogP) is 2.49. The summed E-state index contributed by atoms with van der Waals surface area (Å²) in [5.74, 6) is 0. The lowest BCUT2D eigenvalue weighted by molar-refractivity contribution is 0.138. The van der Waals surface area contributed by atoms with Crippen LogP contribution in [0.3, 0.4) is 0 Å². The van der Waals surface area contributed by atoms with Gasteiger partial charge in [0.1, 0.15) is 0 Å². The van der Waals surface area contributed by atoms with Crippen molar-refractivity contribution in [2.45, 2.75) is 64.2 Å². The fourth-order valence-electron chi connectivity index (χ4n) is 3.87. The SMILES string of the molecule is CCN(Cc1c(Cl)c(C)nn1C)C1CC2CCC(C1)N2. The third-order valence-electron chi connectivity index (χ3n) is 4.99. The summed E-state index contributed by atoms with van der Waals surface area (Å²) in [4.78, 5) is 2.58. The Bertz CT molecular complexity index is 472. The van der Waals surface area contributed by atoms with Gasteiger partial charge in [0.2, 0.25) is 0 Å². The van der Waals surface area contributed by atoms with Crippen LogP contribution < -0.4 is 5.32 Å². The average molecular weight is 297 g/mol. The summed E-state index contributed by atoms with van der Waals surface area (Å²) in [6.45, 7) is 6.22. The normalized spacial score (nSPS) is 29.4. The average Bonchev–Trinajstić information content (AvgIpc) is 2.88. The number of nitrogens with zero attached hydrogens (tertiary/aromatic N) is 3. The van der Waals surface area contributed by atoms with Gasteiger partial charge < -0.3 is 5.32 Å². The number of piperidine rings is 1. The summed E-state index contributed by atoms with van der Waals surface area (Å²) >= 11 is 6.40. The maximum Gasteiger partial charge on any atom is 0.0860 e. The highest BCUT2D eigenvalue weighted by Crippen LogP contribution is 2.31. The number of hydrogen-bond donors (Lipinski definition) is 1. The second-order valence-electron chi connectivity index (χ2n) is 6.30. The van der Waals surface area contributed by atoms with Crippen LogP contribution in [0, 0.1) is 6.92 Å². The van der Waals surface area contributed by atoms with Gasteiger partial charge in [0.25, 0.3) is 0 Å². The Hall–Kier alpha value is -0.580. The minimum atomic E-state index is 0.685. The molecule has 1 N–H and O–H groups in total. The van der Waals surface area contributed by atoms with E-state index in [1.165, 1.54) is 25.7 Å². The fraction of sp³-hybridized carbons (Fsp3) is 0.800. The number of aromatic nitrogens is 2. The summed E-state index contributed by atoms with van der Waals surface area (Å²) in [5, 5.41) is 8.99. The third-order valence-corrected chi connectivity index (χ3v) is 5.48. The quantitative estimate of drug-likeness (QED) is 0.927. The molecule has 0 radical (unpaired) electrons. The highest BCUT2D eigenvalue weighted by Gasteiger charge is 2.36. The molecule has 0 amide bonds.